The first-order valence-corrected chi connectivity index (χ1v) is 3.87. The molecule has 1 rings (SSSR count). The molecule has 0 aliphatic rings. The van der Waals surface area contributed by atoms with Gasteiger partial charge in [0.1, 0.15) is 0 Å². The Morgan fingerprint density at radius 1 is 1.27 bits per heavy atom. The summed E-state index contributed by atoms with van der Waals surface area (Å²) in [6.45, 7) is 4.23. The third-order valence-corrected chi connectivity index (χ3v) is 1.81. The average Bonchev–Trinajstić information content (AvgIpc) is 2.05. The molecule has 1 heterocycles. The zero-order valence-corrected chi connectivity index (χ0v) is 6.99. The van der Waals surface area contributed by atoms with Crippen LogP contribution in [0.25, 0.3) is 0 Å². The molecule has 0 spiro atoms. The van der Waals surface area contributed by atoms with Crippen LogP contribution in [0.1, 0.15) is 25.5 Å². The van der Waals surface area contributed by atoms with Gasteiger partial charge in [-0.05, 0) is 23.6 Å². The Morgan fingerprint density at radius 2 is 1.82 bits per heavy atom. The molecule has 0 fully saturated rings. The van der Waals surface area contributed by atoms with E-state index in [1.54, 1.807) is 12.4 Å². The number of pyridine rings is 1. The Kier molecular flexibility index (Phi) is 2.60. The number of hydrogen-bond acceptors (Lipinski definition) is 2. The van der Waals surface area contributed by atoms with Gasteiger partial charge in [-0.15, -0.1) is 0 Å². The third-order valence-electron chi connectivity index (χ3n) is 1.81. The molecule has 0 bridgehead atoms. The van der Waals surface area contributed by atoms with Crippen molar-refractivity contribution < 1.29 is 0 Å². The van der Waals surface area contributed by atoms with Gasteiger partial charge in [-0.3, -0.25) is 4.98 Å². The highest BCUT2D eigenvalue weighted by atomic mass is 14.7. The molecule has 2 heteroatoms. The average molecular weight is 150 g/mol. The van der Waals surface area contributed by atoms with E-state index in [-0.39, 0.29) is 6.04 Å². The van der Waals surface area contributed by atoms with E-state index >= 15 is 0 Å². The summed E-state index contributed by atoms with van der Waals surface area (Å²) in [5.74, 6) is 0.484. The molecule has 0 saturated heterocycles. The van der Waals surface area contributed by atoms with E-state index in [0.29, 0.717) is 5.92 Å². The maximum Gasteiger partial charge on any atom is 0.0319 e. The summed E-state index contributed by atoms with van der Waals surface area (Å²) in [7, 11) is 0. The van der Waals surface area contributed by atoms with E-state index in [4.69, 9.17) is 5.73 Å². The van der Waals surface area contributed by atoms with E-state index in [1.165, 1.54) is 0 Å². The highest BCUT2D eigenvalue weighted by molar-refractivity contribution is 5.14. The Morgan fingerprint density at radius 3 is 2.27 bits per heavy atom. The first-order chi connectivity index (χ1) is 5.22. The van der Waals surface area contributed by atoms with Gasteiger partial charge >= 0.3 is 0 Å². The fraction of sp³-hybridized carbons (Fsp3) is 0.444. The van der Waals surface area contributed by atoms with Crippen molar-refractivity contribution in [2.24, 2.45) is 11.7 Å². The van der Waals surface area contributed by atoms with Crippen molar-refractivity contribution in [3.05, 3.63) is 30.1 Å². The molecule has 2 nitrogen and oxygen atoms in total. The summed E-state index contributed by atoms with van der Waals surface area (Å²) in [6.07, 6.45) is 3.55. The van der Waals surface area contributed by atoms with Gasteiger partial charge in [-0.2, -0.15) is 0 Å². The van der Waals surface area contributed by atoms with Crippen LogP contribution in [0.3, 0.4) is 0 Å². The van der Waals surface area contributed by atoms with Gasteiger partial charge in [0.25, 0.3) is 0 Å². The minimum atomic E-state index is 0.137. The molecule has 2 N–H and O–H groups in total. The smallest absolute Gasteiger partial charge is 0.0319 e. The molecule has 0 aliphatic carbocycles. The Hall–Kier alpha value is -0.890. The molecule has 0 aliphatic heterocycles. The monoisotopic (exact) mass is 150 g/mol. The van der Waals surface area contributed by atoms with Crippen molar-refractivity contribution in [1.29, 1.82) is 0 Å². The predicted octanol–water partition coefficient (Wildman–Crippen LogP) is 1.74. The first kappa shape index (κ1) is 8.21. The van der Waals surface area contributed by atoms with Gasteiger partial charge in [-0.25, -0.2) is 0 Å². The number of hydrogen-bond donors (Lipinski definition) is 1. The van der Waals surface area contributed by atoms with Crippen molar-refractivity contribution in [3.8, 4) is 0 Å². The van der Waals surface area contributed by atoms with E-state index in [9.17, 15) is 0 Å². The minimum absolute atomic E-state index is 0.137. The molecule has 60 valence electrons. The van der Waals surface area contributed by atoms with Crippen LogP contribution in [0.15, 0.2) is 24.5 Å². The molecule has 0 aromatic carbocycles. The van der Waals surface area contributed by atoms with Crippen LogP contribution in [-0.4, -0.2) is 4.98 Å². The summed E-state index contributed by atoms with van der Waals surface area (Å²) in [5.41, 5.74) is 7.07. The quantitative estimate of drug-likeness (QED) is 0.697. The van der Waals surface area contributed by atoms with Gasteiger partial charge in [0, 0.05) is 18.4 Å². The van der Waals surface area contributed by atoms with Gasteiger partial charge in [0.2, 0.25) is 0 Å². The van der Waals surface area contributed by atoms with Crippen molar-refractivity contribution in [1.82, 2.24) is 4.98 Å². The highest BCUT2D eigenvalue weighted by Gasteiger charge is 2.08. The van der Waals surface area contributed by atoms with Gasteiger partial charge in [0.15, 0.2) is 0 Å². The first-order valence-electron chi connectivity index (χ1n) is 3.87. The molecule has 0 radical (unpaired) electrons. The van der Waals surface area contributed by atoms with Crippen molar-refractivity contribution in [3.63, 3.8) is 0 Å². The fourth-order valence-corrected chi connectivity index (χ4v) is 0.971. The van der Waals surface area contributed by atoms with Crippen LogP contribution in [0, 0.1) is 5.92 Å². The van der Waals surface area contributed by atoms with Crippen LogP contribution in [-0.2, 0) is 0 Å². The van der Waals surface area contributed by atoms with E-state index < -0.39 is 0 Å². The molecule has 11 heavy (non-hydrogen) atoms. The van der Waals surface area contributed by atoms with Crippen molar-refractivity contribution >= 4 is 0 Å². The van der Waals surface area contributed by atoms with Gasteiger partial charge < -0.3 is 5.73 Å². The topological polar surface area (TPSA) is 38.9 Å². The second-order valence-electron chi connectivity index (χ2n) is 3.05. The lowest BCUT2D eigenvalue weighted by atomic mass is 9.98. The van der Waals surface area contributed by atoms with E-state index in [0.717, 1.165) is 5.56 Å². The predicted molar refractivity (Wildman–Crippen MR) is 46.0 cm³/mol. The molecule has 1 aromatic rings. The Labute approximate surface area is 67.5 Å². The lowest BCUT2D eigenvalue weighted by Gasteiger charge is -2.14. The largest absolute Gasteiger partial charge is 0.324 e. The summed E-state index contributed by atoms with van der Waals surface area (Å²) < 4.78 is 0. The molecular weight excluding hydrogens is 136 g/mol. The minimum Gasteiger partial charge on any atom is -0.324 e. The van der Waals surface area contributed by atoms with E-state index in [2.05, 4.69) is 18.8 Å². The molecular formula is C9H14N2. The Balaban J connectivity index is 2.77. The molecule has 0 saturated carbocycles. The van der Waals surface area contributed by atoms with Crippen LogP contribution in [0.2, 0.25) is 0 Å². The lowest BCUT2D eigenvalue weighted by molar-refractivity contribution is 0.514. The van der Waals surface area contributed by atoms with E-state index in [1.807, 2.05) is 12.1 Å². The molecule has 0 amide bonds. The maximum absolute atomic E-state index is 5.91. The number of nitrogens with two attached hydrogens (primary N) is 1. The van der Waals surface area contributed by atoms with Gasteiger partial charge in [0.05, 0.1) is 0 Å². The molecule has 1 atom stereocenters. The summed E-state index contributed by atoms with van der Waals surface area (Å²) in [5, 5.41) is 0. The standard InChI is InChI=1S/C9H14N2/c1-7(2)9(10)8-3-5-11-6-4-8/h3-7,9H,10H2,1-2H3. The fourth-order valence-electron chi connectivity index (χ4n) is 0.971. The second-order valence-corrected chi connectivity index (χ2v) is 3.05. The molecule has 1 unspecified atom stereocenters. The highest BCUT2D eigenvalue weighted by Crippen LogP contribution is 2.16. The van der Waals surface area contributed by atoms with Crippen LogP contribution in [0.4, 0.5) is 0 Å². The second kappa shape index (κ2) is 3.49. The third kappa shape index (κ3) is 2.02. The van der Waals surface area contributed by atoms with Crippen molar-refractivity contribution in [2.75, 3.05) is 0 Å². The summed E-state index contributed by atoms with van der Waals surface area (Å²) in [6, 6.07) is 4.06. The van der Waals surface area contributed by atoms with Crippen LogP contribution in [0.5, 0.6) is 0 Å². The van der Waals surface area contributed by atoms with Crippen molar-refractivity contribution in [2.45, 2.75) is 19.9 Å². The number of aromatic nitrogens is 1. The number of rotatable bonds is 2. The van der Waals surface area contributed by atoms with Gasteiger partial charge in [-0.1, -0.05) is 13.8 Å². The summed E-state index contributed by atoms with van der Waals surface area (Å²) in [4.78, 5) is 3.93. The Bertz CT molecular complexity index is 206. The summed E-state index contributed by atoms with van der Waals surface area (Å²) >= 11 is 0. The maximum atomic E-state index is 5.91. The SMILES string of the molecule is CC(C)C(N)c1ccncc1. The molecule has 1 aromatic heterocycles. The lowest BCUT2D eigenvalue weighted by Crippen LogP contribution is -2.16. The zero-order valence-electron chi connectivity index (χ0n) is 6.99. The normalized spacial score (nSPS) is 13.5. The number of nitrogens with zero attached hydrogens (tertiary/aromatic N) is 1. The van der Waals surface area contributed by atoms with Crippen LogP contribution < -0.4 is 5.73 Å². The zero-order chi connectivity index (χ0) is 8.27. The van der Waals surface area contributed by atoms with Crippen LogP contribution >= 0.6 is 0 Å².